The molecule has 0 spiro atoms. The van der Waals surface area contributed by atoms with Gasteiger partial charge in [-0.25, -0.2) is 0 Å². The van der Waals surface area contributed by atoms with Crippen molar-refractivity contribution in [2.24, 2.45) is 0 Å². The van der Waals surface area contributed by atoms with Gasteiger partial charge in [-0.05, 0) is 74.5 Å². The van der Waals surface area contributed by atoms with Gasteiger partial charge in [0.2, 0.25) is 0 Å². The second-order valence-electron chi connectivity index (χ2n) is 11.5. The van der Waals surface area contributed by atoms with Crippen molar-refractivity contribution >= 4 is 41.8 Å². The van der Waals surface area contributed by atoms with Gasteiger partial charge in [-0.15, -0.1) is 0 Å². The number of rotatable bonds is 3. The summed E-state index contributed by atoms with van der Waals surface area (Å²) in [6, 6.07) is 44.7. The standard InChI is InChI=1S/C36H28ClNSi/c1-39(2,35-28-16-8-6-14-25(28)26-15-7-9-17-29(26)35)36-31-22-23(37)20-21-27(31)34-33(36)30-18-10-11-19-32(30)38(34)24-12-4-3-5-13-24/h3-22,34-35H,1-2H3. The zero-order chi connectivity index (χ0) is 26.3. The minimum atomic E-state index is -2.20. The van der Waals surface area contributed by atoms with E-state index in [-0.39, 0.29) is 6.04 Å². The van der Waals surface area contributed by atoms with Crippen LogP contribution in [-0.4, -0.2) is 8.07 Å². The summed E-state index contributed by atoms with van der Waals surface area (Å²) in [5.74, 6) is 0. The molecule has 0 bridgehead atoms. The fourth-order valence-corrected chi connectivity index (χ4v) is 12.1. The van der Waals surface area contributed by atoms with Crippen LogP contribution in [0.5, 0.6) is 0 Å². The van der Waals surface area contributed by atoms with Gasteiger partial charge >= 0.3 is 0 Å². The highest BCUT2D eigenvalue weighted by Gasteiger charge is 2.51. The molecule has 5 aromatic rings. The zero-order valence-electron chi connectivity index (χ0n) is 22.0. The van der Waals surface area contributed by atoms with Gasteiger partial charge < -0.3 is 4.90 Å². The summed E-state index contributed by atoms with van der Waals surface area (Å²) in [7, 11) is -2.20. The smallest absolute Gasteiger partial charge is 0.0940 e. The molecule has 1 heterocycles. The SMILES string of the molecule is C[Si](C)(C1=C2c3ccccc3N(c3ccccc3)C2c2ccc(Cl)cc21)C1c2ccccc2-c2ccccc21. The number of hydrogen-bond donors (Lipinski definition) is 0. The Labute approximate surface area is 236 Å². The predicted octanol–water partition coefficient (Wildman–Crippen LogP) is 10.1. The van der Waals surface area contributed by atoms with Crippen molar-refractivity contribution in [3.05, 3.63) is 154 Å². The molecule has 5 aromatic carbocycles. The van der Waals surface area contributed by atoms with Crippen molar-refractivity contribution in [2.75, 3.05) is 4.90 Å². The lowest BCUT2D eigenvalue weighted by Gasteiger charge is -2.34. The normalized spacial score (nSPS) is 17.1. The Morgan fingerprint density at radius 1 is 0.590 bits per heavy atom. The Kier molecular flexibility index (Phi) is 4.92. The molecule has 1 aliphatic heterocycles. The summed E-state index contributed by atoms with van der Waals surface area (Å²) >= 11 is 6.75. The molecule has 0 fully saturated rings. The van der Waals surface area contributed by atoms with E-state index < -0.39 is 8.07 Å². The van der Waals surface area contributed by atoms with Gasteiger partial charge in [0.1, 0.15) is 0 Å². The topological polar surface area (TPSA) is 3.24 Å². The summed E-state index contributed by atoms with van der Waals surface area (Å²) in [6.07, 6.45) is 0. The van der Waals surface area contributed by atoms with Crippen LogP contribution in [0, 0.1) is 0 Å². The molecular formula is C36H28ClNSi. The second kappa shape index (κ2) is 8.32. The van der Waals surface area contributed by atoms with Gasteiger partial charge in [-0.3, -0.25) is 0 Å². The van der Waals surface area contributed by atoms with Gasteiger partial charge in [0.05, 0.1) is 14.1 Å². The molecule has 0 amide bonds. The first-order valence-electron chi connectivity index (χ1n) is 13.7. The van der Waals surface area contributed by atoms with Gasteiger partial charge in [-0.2, -0.15) is 0 Å². The number of para-hydroxylation sites is 2. The van der Waals surface area contributed by atoms with E-state index in [2.05, 4.69) is 139 Å². The van der Waals surface area contributed by atoms with Gasteiger partial charge in [0, 0.05) is 27.5 Å². The molecule has 0 N–H and O–H groups in total. The van der Waals surface area contributed by atoms with Crippen molar-refractivity contribution < 1.29 is 0 Å². The van der Waals surface area contributed by atoms with E-state index in [1.807, 2.05) is 0 Å². The van der Waals surface area contributed by atoms with Crippen LogP contribution in [0.2, 0.25) is 18.1 Å². The molecule has 3 heteroatoms. The summed E-state index contributed by atoms with van der Waals surface area (Å²) in [6.45, 7) is 5.17. The van der Waals surface area contributed by atoms with Gasteiger partial charge in [-0.1, -0.05) is 116 Å². The first-order valence-corrected chi connectivity index (χ1v) is 17.2. The highest BCUT2D eigenvalue weighted by molar-refractivity contribution is 6.98. The molecule has 0 saturated heterocycles. The van der Waals surface area contributed by atoms with Crippen LogP contribution in [0.15, 0.2) is 121 Å². The van der Waals surface area contributed by atoms with Crippen molar-refractivity contribution in [2.45, 2.75) is 24.7 Å². The minimum absolute atomic E-state index is 0.144. The Bertz CT molecular complexity index is 1770. The molecule has 3 aliphatic rings. The van der Waals surface area contributed by atoms with E-state index in [0.29, 0.717) is 5.54 Å². The average Bonchev–Trinajstić information content (AvgIpc) is 3.59. The van der Waals surface area contributed by atoms with E-state index in [9.17, 15) is 0 Å². The first-order chi connectivity index (χ1) is 19.1. The van der Waals surface area contributed by atoms with Crippen LogP contribution in [0.1, 0.15) is 39.4 Å². The molecule has 2 aliphatic carbocycles. The van der Waals surface area contributed by atoms with E-state index in [1.54, 1.807) is 5.20 Å². The van der Waals surface area contributed by atoms with E-state index in [4.69, 9.17) is 11.6 Å². The van der Waals surface area contributed by atoms with E-state index >= 15 is 0 Å². The van der Waals surface area contributed by atoms with Crippen LogP contribution in [0.25, 0.3) is 21.9 Å². The van der Waals surface area contributed by atoms with E-state index in [1.165, 1.54) is 55.9 Å². The van der Waals surface area contributed by atoms with Crippen LogP contribution < -0.4 is 4.90 Å². The monoisotopic (exact) mass is 537 g/mol. The molecule has 1 unspecified atom stereocenters. The Morgan fingerprint density at radius 3 is 1.87 bits per heavy atom. The van der Waals surface area contributed by atoms with Crippen LogP contribution in [-0.2, 0) is 0 Å². The Balaban J connectivity index is 1.44. The molecule has 0 radical (unpaired) electrons. The number of hydrogen-bond acceptors (Lipinski definition) is 1. The van der Waals surface area contributed by atoms with Crippen LogP contribution in [0.3, 0.4) is 0 Å². The molecular weight excluding hydrogens is 510 g/mol. The largest absolute Gasteiger partial charge is 0.329 e. The van der Waals surface area contributed by atoms with Gasteiger partial charge in [0.25, 0.3) is 0 Å². The first kappa shape index (κ1) is 23.1. The summed E-state index contributed by atoms with van der Waals surface area (Å²) < 4.78 is 0. The minimum Gasteiger partial charge on any atom is -0.329 e. The molecule has 1 atom stereocenters. The number of fused-ring (bicyclic) bond motifs is 8. The van der Waals surface area contributed by atoms with Crippen molar-refractivity contribution in [3.8, 4) is 11.1 Å². The molecule has 1 nitrogen and oxygen atoms in total. The van der Waals surface area contributed by atoms with Crippen molar-refractivity contribution in [1.29, 1.82) is 0 Å². The fourth-order valence-electron chi connectivity index (χ4n) is 7.67. The van der Waals surface area contributed by atoms with Crippen LogP contribution >= 0.6 is 11.6 Å². The van der Waals surface area contributed by atoms with E-state index in [0.717, 1.165) is 5.02 Å². The maximum Gasteiger partial charge on any atom is 0.0940 e. The molecule has 188 valence electrons. The predicted molar refractivity (Wildman–Crippen MR) is 167 cm³/mol. The number of halogens is 1. The molecule has 39 heavy (non-hydrogen) atoms. The van der Waals surface area contributed by atoms with Crippen LogP contribution in [0.4, 0.5) is 11.4 Å². The maximum absolute atomic E-state index is 6.75. The highest BCUT2D eigenvalue weighted by atomic mass is 35.5. The van der Waals surface area contributed by atoms with Crippen molar-refractivity contribution in [1.82, 2.24) is 0 Å². The lowest BCUT2D eigenvalue weighted by Crippen LogP contribution is -2.37. The Hall–Kier alpha value is -3.85. The van der Waals surface area contributed by atoms with Crippen molar-refractivity contribution in [3.63, 3.8) is 0 Å². The summed E-state index contributed by atoms with van der Waals surface area (Å²) in [5.41, 5.74) is 14.2. The molecule has 0 aromatic heterocycles. The quantitative estimate of drug-likeness (QED) is 0.207. The number of anilines is 2. The summed E-state index contributed by atoms with van der Waals surface area (Å²) in [5, 5.41) is 2.36. The Morgan fingerprint density at radius 2 is 1.18 bits per heavy atom. The number of benzene rings is 5. The summed E-state index contributed by atoms with van der Waals surface area (Å²) in [4.78, 5) is 2.55. The third kappa shape index (κ3) is 3.13. The zero-order valence-corrected chi connectivity index (χ0v) is 23.8. The third-order valence-corrected chi connectivity index (χ3v) is 13.2. The van der Waals surface area contributed by atoms with Gasteiger partial charge in [0.15, 0.2) is 0 Å². The molecule has 8 rings (SSSR count). The maximum atomic E-state index is 6.75. The third-order valence-electron chi connectivity index (χ3n) is 9.07. The molecule has 0 saturated carbocycles. The lowest BCUT2D eigenvalue weighted by atomic mass is 10.0. The number of nitrogens with zero attached hydrogens (tertiary/aromatic N) is 1. The fraction of sp³-hybridized carbons (Fsp3) is 0.111. The second-order valence-corrected chi connectivity index (χ2v) is 16.4. The highest BCUT2D eigenvalue weighted by Crippen LogP contribution is 2.63. The average molecular weight is 538 g/mol. The lowest BCUT2D eigenvalue weighted by molar-refractivity contribution is 0.915.